The van der Waals surface area contributed by atoms with Crippen molar-refractivity contribution in [3.63, 3.8) is 0 Å². The number of alkyl halides is 2. The van der Waals surface area contributed by atoms with Crippen LogP contribution in [0.15, 0.2) is 59.7 Å². The van der Waals surface area contributed by atoms with Crippen LogP contribution in [0.2, 0.25) is 0 Å². The Kier molecular flexibility index (Phi) is 5.58. The number of carbonyl (C=O) groups is 2. The van der Waals surface area contributed by atoms with Gasteiger partial charge in [-0.1, -0.05) is 30.4 Å². The molecule has 2 aliphatic rings. The number of benzene rings is 2. The molecule has 0 saturated carbocycles. The van der Waals surface area contributed by atoms with E-state index >= 15 is 0 Å². The summed E-state index contributed by atoms with van der Waals surface area (Å²) in [4.78, 5) is 25.9. The van der Waals surface area contributed by atoms with Crippen molar-refractivity contribution in [1.29, 1.82) is 0 Å². The Balaban J connectivity index is 1.40. The molecule has 2 aromatic carbocycles. The molecular formula is C23H19F4N3O2. The number of halogens is 4. The molecule has 2 heterocycles. The lowest BCUT2D eigenvalue weighted by atomic mass is 10.0. The zero-order valence-corrected chi connectivity index (χ0v) is 16.9. The fraction of sp³-hybridized carbons (Fsp3) is 0.261. The van der Waals surface area contributed by atoms with Crippen molar-refractivity contribution in [2.24, 2.45) is 5.10 Å². The van der Waals surface area contributed by atoms with Gasteiger partial charge in [0.1, 0.15) is 11.6 Å². The summed E-state index contributed by atoms with van der Waals surface area (Å²) in [5.74, 6) is -6.85. The molecule has 9 heteroatoms. The summed E-state index contributed by atoms with van der Waals surface area (Å²) in [6.07, 6.45) is 1.88. The smallest absolute Gasteiger partial charge is 0.302 e. The summed E-state index contributed by atoms with van der Waals surface area (Å²) in [7, 11) is 0. The minimum absolute atomic E-state index is 0.0511. The monoisotopic (exact) mass is 445 g/mol. The highest BCUT2D eigenvalue weighted by Gasteiger charge is 2.52. The predicted molar refractivity (Wildman–Crippen MR) is 110 cm³/mol. The molecule has 5 nitrogen and oxygen atoms in total. The molecular weight excluding hydrogens is 426 g/mol. The van der Waals surface area contributed by atoms with E-state index in [2.05, 4.69) is 11.7 Å². The van der Waals surface area contributed by atoms with E-state index in [1.165, 1.54) is 24.4 Å². The average Bonchev–Trinajstić information content (AvgIpc) is 3.30. The molecule has 0 aliphatic carbocycles. The Morgan fingerprint density at radius 2 is 1.81 bits per heavy atom. The van der Waals surface area contributed by atoms with Gasteiger partial charge < -0.3 is 4.90 Å². The predicted octanol–water partition coefficient (Wildman–Crippen LogP) is 4.70. The molecule has 0 spiro atoms. The molecule has 2 aromatic rings. The van der Waals surface area contributed by atoms with Crippen LogP contribution in [0.4, 0.5) is 23.2 Å². The van der Waals surface area contributed by atoms with Gasteiger partial charge in [-0.2, -0.15) is 13.9 Å². The van der Waals surface area contributed by atoms with Crippen molar-refractivity contribution < 1.29 is 27.2 Å². The summed E-state index contributed by atoms with van der Waals surface area (Å²) in [6.45, 7) is 3.67. The third kappa shape index (κ3) is 3.90. The minimum Gasteiger partial charge on any atom is -0.302 e. The molecule has 1 atom stereocenters. The number of nitrogens with zero attached hydrogens (tertiary/aromatic N) is 3. The molecule has 0 aromatic heterocycles. The second-order valence-electron chi connectivity index (χ2n) is 7.72. The van der Waals surface area contributed by atoms with E-state index in [0.717, 1.165) is 28.1 Å². The number of hydrogen-bond donors (Lipinski definition) is 0. The van der Waals surface area contributed by atoms with Gasteiger partial charge in [-0.25, -0.2) is 13.8 Å². The number of anilines is 1. The van der Waals surface area contributed by atoms with Crippen LogP contribution in [0.1, 0.15) is 36.4 Å². The third-order valence-electron chi connectivity index (χ3n) is 5.48. The maximum atomic E-state index is 14.3. The van der Waals surface area contributed by atoms with Gasteiger partial charge in [0.2, 0.25) is 5.91 Å². The maximum absolute atomic E-state index is 14.3. The lowest BCUT2D eigenvalue weighted by Crippen LogP contribution is -2.36. The van der Waals surface area contributed by atoms with E-state index < -0.39 is 35.4 Å². The first-order valence-corrected chi connectivity index (χ1v) is 9.95. The second-order valence-corrected chi connectivity index (χ2v) is 7.72. The summed E-state index contributed by atoms with van der Waals surface area (Å²) in [5.41, 5.74) is 0.460. The normalized spacial score (nSPS) is 18.9. The Hall–Kier alpha value is -3.49. The highest BCUT2D eigenvalue weighted by atomic mass is 19.3. The minimum atomic E-state index is -3.61. The van der Waals surface area contributed by atoms with Crippen LogP contribution in [0.5, 0.6) is 0 Å². The van der Waals surface area contributed by atoms with Gasteiger partial charge in [-0.3, -0.25) is 9.59 Å². The van der Waals surface area contributed by atoms with Crippen LogP contribution >= 0.6 is 0 Å². The lowest BCUT2D eigenvalue weighted by molar-refractivity contribution is -0.141. The fourth-order valence-corrected chi connectivity index (χ4v) is 3.92. The van der Waals surface area contributed by atoms with Crippen LogP contribution in [0.3, 0.4) is 0 Å². The number of hydrazone groups is 1. The SMILES string of the molecule is C=C(CCC(=O)N1N=CCC1c1cc(F)cc(F)c1)CN1C(=O)C(F)(F)c2ccccc21. The first-order chi connectivity index (χ1) is 15.2. The number of rotatable bonds is 6. The molecule has 4 rings (SSSR count). The molecule has 1 unspecified atom stereocenters. The van der Waals surface area contributed by atoms with Gasteiger partial charge in [-0.05, 0) is 30.2 Å². The first kappa shape index (κ1) is 21.7. The fourth-order valence-electron chi connectivity index (χ4n) is 3.92. The quantitative estimate of drug-likeness (QED) is 0.478. The zero-order valence-electron chi connectivity index (χ0n) is 16.9. The van der Waals surface area contributed by atoms with Crippen LogP contribution in [0.25, 0.3) is 0 Å². The Labute approximate surface area is 181 Å². The van der Waals surface area contributed by atoms with Crippen LogP contribution < -0.4 is 4.90 Å². The molecule has 0 bridgehead atoms. The van der Waals surface area contributed by atoms with E-state index in [1.807, 2.05) is 0 Å². The van der Waals surface area contributed by atoms with Gasteiger partial charge in [0, 0.05) is 31.7 Å². The molecule has 0 saturated heterocycles. The lowest BCUT2D eigenvalue weighted by Gasteiger charge is -2.23. The summed E-state index contributed by atoms with van der Waals surface area (Å²) in [5, 5.41) is 5.17. The zero-order chi connectivity index (χ0) is 23.0. The van der Waals surface area contributed by atoms with Gasteiger partial charge in [0.05, 0.1) is 17.3 Å². The van der Waals surface area contributed by atoms with Gasteiger partial charge in [0.25, 0.3) is 0 Å². The summed E-state index contributed by atoms with van der Waals surface area (Å²) >= 11 is 0. The number of carbonyl (C=O) groups excluding carboxylic acids is 2. The number of amides is 2. The molecule has 0 radical (unpaired) electrons. The van der Waals surface area contributed by atoms with Crippen molar-refractivity contribution >= 4 is 23.7 Å². The third-order valence-corrected chi connectivity index (χ3v) is 5.48. The second kappa shape index (κ2) is 8.22. The first-order valence-electron chi connectivity index (χ1n) is 9.95. The highest BCUT2D eigenvalue weighted by molar-refractivity contribution is 6.06. The van der Waals surface area contributed by atoms with Gasteiger partial charge in [-0.15, -0.1) is 0 Å². The molecule has 0 N–H and O–H groups in total. The molecule has 166 valence electrons. The molecule has 0 fully saturated rings. The van der Waals surface area contributed by atoms with E-state index in [0.29, 0.717) is 12.0 Å². The van der Waals surface area contributed by atoms with Crippen LogP contribution in [-0.4, -0.2) is 29.6 Å². The van der Waals surface area contributed by atoms with E-state index in [9.17, 15) is 27.2 Å². The topological polar surface area (TPSA) is 53.0 Å². The number of para-hydroxylation sites is 1. The summed E-state index contributed by atoms with van der Waals surface area (Å²) < 4.78 is 55.7. The maximum Gasteiger partial charge on any atom is 0.352 e. The Morgan fingerprint density at radius 1 is 1.12 bits per heavy atom. The summed E-state index contributed by atoms with van der Waals surface area (Å²) in [6, 6.07) is 8.07. The van der Waals surface area contributed by atoms with Crippen molar-refractivity contribution in [2.45, 2.75) is 31.2 Å². The van der Waals surface area contributed by atoms with Crippen LogP contribution in [0, 0.1) is 11.6 Å². The van der Waals surface area contributed by atoms with E-state index in [-0.39, 0.29) is 36.2 Å². The Morgan fingerprint density at radius 3 is 2.53 bits per heavy atom. The number of hydrogen-bond acceptors (Lipinski definition) is 3. The van der Waals surface area contributed by atoms with Crippen molar-refractivity contribution in [1.82, 2.24) is 5.01 Å². The Bertz CT molecular complexity index is 1110. The van der Waals surface area contributed by atoms with Crippen LogP contribution in [-0.2, 0) is 15.5 Å². The van der Waals surface area contributed by atoms with Gasteiger partial charge >= 0.3 is 11.8 Å². The number of fused-ring (bicyclic) bond motifs is 1. The largest absolute Gasteiger partial charge is 0.352 e. The van der Waals surface area contributed by atoms with Crippen molar-refractivity contribution in [3.05, 3.63) is 77.4 Å². The van der Waals surface area contributed by atoms with E-state index in [1.54, 1.807) is 6.07 Å². The highest BCUT2D eigenvalue weighted by Crippen LogP contribution is 2.44. The average molecular weight is 445 g/mol. The van der Waals surface area contributed by atoms with E-state index in [4.69, 9.17) is 0 Å². The molecule has 2 aliphatic heterocycles. The van der Waals surface area contributed by atoms with Gasteiger partial charge in [0.15, 0.2) is 0 Å². The standard InChI is InChI=1S/C23H19F4N3O2/c1-14(13-29-20-5-3-2-4-18(20)23(26,27)22(29)32)6-7-21(31)30-19(8-9-28-30)15-10-16(24)12-17(25)11-15/h2-5,9-12,19H,1,6-8,13H2. The molecule has 2 amide bonds. The van der Waals surface area contributed by atoms with Crippen molar-refractivity contribution in [3.8, 4) is 0 Å². The van der Waals surface area contributed by atoms with Crippen molar-refractivity contribution in [2.75, 3.05) is 11.4 Å². The molecule has 32 heavy (non-hydrogen) atoms.